The molecular weight excluding hydrogens is 248 g/mol. The van der Waals surface area contributed by atoms with E-state index in [9.17, 15) is 0 Å². The van der Waals surface area contributed by atoms with E-state index in [4.69, 9.17) is 4.98 Å². The van der Waals surface area contributed by atoms with E-state index in [1.165, 1.54) is 45.1 Å². The van der Waals surface area contributed by atoms with Gasteiger partial charge in [-0.3, -0.25) is 4.90 Å². The Morgan fingerprint density at radius 3 is 2.75 bits per heavy atom. The molecule has 1 aliphatic carbocycles. The van der Waals surface area contributed by atoms with E-state index >= 15 is 0 Å². The molecule has 4 nitrogen and oxygen atoms in total. The van der Waals surface area contributed by atoms with Crippen molar-refractivity contribution in [2.75, 3.05) is 20.6 Å². The molecule has 1 atom stereocenters. The molecule has 0 N–H and O–H groups in total. The van der Waals surface area contributed by atoms with Gasteiger partial charge >= 0.3 is 0 Å². The van der Waals surface area contributed by atoms with Gasteiger partial charge in [-0.05, 0) is 52.4 Å². The number of nitrogens with zero attached hydrogens (tertiary/aromatic N) is 4. The summed E-state index contributed by atoms with van der Waals surface area (Å²) in [5.74, 6) is 1.05. The highest BCUT2D eigenvalue weighted by Crippen LogP contribution is 2.36. The van der Waals surface area contributed by atoms with Crippen LogP contribution in [0.25, 0.3) is 0 Å². The first-order chi connectivity index (χ1) is 9.74. The molecular formula is C16H26N4. The second-order valence-corrected chi connectivity index (χ2v) is 6.48. The smallest absolute Gasteiger partial charge is 0.145 e. The van der Waals surface area contributed by atoms with Crippen LogP contribution in [0, 0.1) is 0 Å². The minimum absolute atomic E-state index is 0.459. The molecule has 1 aliphatic heterocycles. The lowest BCUT2D eigenvalue weighted by Crippen LogP contribution is -2.33. The Bertz CT molecular complexity index is 440. The fourth-order valence-corrected chi connectivity index (χ4v) is 3.72. The Kier molecular flexibility index (Phi) is 4.32. The van der Waals surface area contributed by atoms with Crippen molar-refractivity contribution < 1.29 is 0 Å². The van der Waals surface area contributed by atoms with Crippen molar-refractivity contribution in [3.63, 3.8) is 0 Å². The summed E-state index contributed by atoms with van der Waals surface area (Å²) in [7, 11) is 4.17. The first-order valence-corrected chi connectivity index (χ1v) is 7.96. The molecule has 1 saturated carbocycles. The zero-order chi connectivity index (χ0) is 13.9. The van der Waals surface area contributed by atoms with Crippen LogP contribution in [-0.4, -0.2) is 46.4 Å². The summed E-state index contributed by atoms with van der Waals surface area (Å²) in [6, 6.07) is 3.28. The van der Waals surface area contributed by atoms with E-state index in [0.29, 0.717) is 6.04 Å². The van der Waals surface area contributed by atoms with Crippen molar-refractivity contribution in [2.45, 2.75) is 57.2 Å². The van der Waals surface area contributed by atoms with E-state index in [0.717, 1.165) is 24.1 Å². The van der Waals surface area contributed by atoms with Crippen molar-refractivity contribution in [1.29, 1.82) is 0 Å². The van der Waals surface area contributed by atoms with Gasteiger partial charge in [0.1, 0.15) is 5.82 Å². The maximum atomic E-state index is 4.82. The molecule has 0 aromatic carbocycles. The molecule has 0 spiro atoms. The largest absolute Gasteiger partial charge is 0.304 e. The van der Waals surface area contributed by atoms with Crippen molar-refractivity contribution in [2.24, 2.45) is 0 Å². The average Bonchev–Trinajstić information content (AvgIpc) is 3.09. The lowest BCUT2D eigenvalue weighted by molar-refractivity contribution is 0.176. The summed E-state index contributed by atoms with van der Waals surface area (Å²) in [5.41, 5.74) is 1.14. The van der Waals surface area contributed by atoms with Gasteiger partial charge in [-0.25, -0.2) is 9.97 Å². The molecule has 2 fully saturated rings. The Labute approximate surface area is 122 Å². The molecule has 2 aliphatic rings. The second kappa shape index (κ2) is 6.19. The van der Waals surface area contributed by atoms with Crippen LogP contribution in [0.5, 0.6) is 0 Å². The van der Waals surface area contributed by atoms with Gasteiger partial charge in [0.15, 0.2) is 0 Å². The summed E-state index contributed by atoms with van der Waals surface area (Å²) in [4.78, 5) is 14.2. The molecule has 0 bridgehead atoms. The van der Waals surface area contributed by atoms with E-state index in [1.807, 2.05) is 12.3 Å². The van der Waals surface area contributed by atoms with Gasteiger partial charge in [0.25, 0.3) is 0 Å². The molecule has 110 valence electrons. The van der Waals surface area contributed by atoms with Crippen LogP contribution in [0.1, 0.15) is 56.1 Å². The van der Waals surface area contributed by atoms with Crippen LogP contribution < -0.4 is 0 Å². The molecule has 1 aromatic rings. The third-order valence-electron chi connectivity index (χ3n) is 4.60. The molecule has 0 unspecified atom stereocenters. The number of hydrogen-bond donors (Lipinski definition) is 0. The summed E-state index contributed by atoms with van der Waals surface area (Å²) in [5, 5.41) is 0. The number of hydrogen-bond acceptors (Lipinski definition) is 4. The molecule has 1 saturated heterocycles. The van der Waals surface area contributed by atoms with E-state index in [-0.39, 0.29) is 0 Å². The van der Waals surface area contributed by atoms with Crippen molar-refractivity contribution >= 4 is 0 Å². The summed E-state index contributed by atoms with van der Waals surface area (Å²) in [6.07, 6.45) is 9.99. The molecule has 0 amide bonds. The van der Waals surface area contributed by atoms with Gasteiger partial charge in [0, 0.05) is 18.8 Å². The summed E-state index contributed by atoms with van der Waals surface area (Å²) >= 11 is 0. The van der Waals surface area contributed by atoms with Gasteiger partial charge < -0.3 is 4.90 Å². The van der Waals surface area contributed by atoms with E-state index in [1.54, 1.807) is 0 Å². The summed E-state index contributed by atoms with van der Waals surface area (Å²) in [6.45, 7) is 2.13. The molecule has 0 radical (unpaired) electrons. The zero-order valence-electron chi connectivity index (χ0n) is 12.8. The first kappa shape index (κ1) is 14.0. The molecule has 1 aromatic heterocycles. The van der Waals surface area contributed by atoms with Crippen LogP contribution >= 0.6 is 0 Å². The first-order valence-electron chi connectivity index (χ1n) is 7.96. The molecule has 3 rings (SSSR count). The minimum Gasteiger partial charge on any atom is -0.304 e. The van der Waals surface area contributed by atoms with E-state index in [2.05, 4.69) is 28.9 Å². The predicted molar refractivity (Wildman–Crippen MR) is 80.4 cm³/mol. The Hall–Kier alpha value is -1.00. The van der Waals surface area contributed by atoms with Crippen LogP contribution in [0.3, 0.4) is 0 Å². The lowest BCUT2D eigenvalue weighted by Gasteiger charge is -2.29. The molecule has 20 heavy (non-hydrogen) atoms. The fourth-order valence-electron chi connectivity index (χ4n) is 3.72. The highest BCUT2D eigenvalue weighted by Gasteiger charge is 2.34. The van der Waals surface area contributed by atoms with Crippen LogP contribution in [0.4, 0.5) is 0 Å². The predicted octanol–water partition coefficient (Wildman–Crippen LogP) is 2.62. The maximum absolute atomic E-state index is 4.82. The highest BCUT2D eigenvalue weighted by atomic mass is 15.2. The Morgan fingerprint density at radius 2 is 2.00 bits per heavy atom. The quantitative estimate of drug-likeness (QED) is 0.845. The zero-order valence-corrected chi connectivity index (χ0v) is 12.8. The van der Waals surface area contributed by atoms with Crippen LogP contribution in [0.15, 0.2) is 12.3 Å². The Balaban J connectivity index is 1.76. The third kappa shape index (κ3) is 3.01. The standard InChI is InChI=1S/C16H26N4/c1-19(2)12-13-9-10-17-16(18-13)15-8-5-11-20(15)14-6-3-4-7-14/h9-10,14-15H,3-8,11-12H2,1-2H3/t15-/m0/s1. The molecule has 4 heteroatoms. The summed E-state index contributed by atoms with van der Waals surface area (Å²) < 4.78 is 0. The lowest BCUT2D eigenvalue weighted by atomic mass is 10.1. The number of aromatic nitrogens is 2. The van der Waals surface area contributed by atoms with Crippen molar-refractivity contribution in [3.8, 4) is 0 Å². The second-order valence-electron chi connectivity index (χ2n) is 6.48. The third-order valence-corrected chi connectivity index (χ3v) is 4.60. The number of likely N-dealkylation sites (tertiary alicyclic amines) is 1. The Morgan fingerprint density at radius 1 is 1.20 bits per heavy atom. The van der Waals surface area contributed by atoms with Crippen molar-refractivity contribution in [1.82, 2.24) is 19.8 Å². The van der Waals surface area contributed by atoms with Gasteiger partial charge in [0.2, 0.25) is 0 Å². The van der Waals surface area contributed by atoms with Gasteiger partial charge in [0.05, 0.1) is 11.7 Å². The van der Waals surface area contributed by atoms with Crippen LogP contribution in [-0.2, 0) is 6.54 Å². The van der Waals surface area contributed by atoms with Crippen molar-refractivity contribution in [3.05, 3.63) is 23.8 Å². The molecule has 2 heterocycles. The monoisotopic (exact) mass is 274 g/mol. The van der Waals surface area contributed by atoms with Gasteiger partial charge in [-0.15, -0.1) is 0 Å². The van der Waals surface area contributed by atoms with Gasteiger partial charge in [-0.1, -0.05) is 12.8 Å². The number of rotatable bonds is 4. The van der Waals surface area contributed by atoms with Crippen LogP contribution in [0.2, 0.25) is 0 Å². The highest BCUT2D eigenvalue weighted by molar-refractivity contribution is 5.07. The van der Waals surface area contributed by atoms with Gasteiger partial charge in [-0.2, -0.15) is 0 Å². The average molecular weight is 274 g/mol. The SMILES string of the molecule is CN(C)Cc1ccnc([C@@H]2CCCN2C2CCCC2)n1. The maximum Gasteiger partial charge on any atom is 0.145 e. The fraction of sp³-hybridized carbons (Fsp3) is 0.750. The minimum atomic E-state index is 0.459. The topological polar surface area (TPSA) is 32.3 Å². The normalized spacial score (nSPS) is 24.9. The van der Waals surface area contributed by atoms with E-state index < -0.39 is 0 Å².